The van der Waals surface area contributed by atoms with E-state index in [1.54, 1.807) is 12.1 Å². The van der Waals surface area contributed by atoms with E-state index in [4.69, 9.17) is 4.74 Å². The molecule has 0 aromatic heterocycles. The van der Waals surface area contributed by atoms with Crippen molar-refractivity contribution in [2.75, 3.05) is 7.11 Å². The lowest BCUT2D eigenvalue weighted by Crippen LogP contribution is -2.62. The lowest BCUT2D eigenvalue weighted by molar-refractivity contribution is -0.172. The van der Waals surface area contributed by atoms with Gasteiger partial charge in [-0.3, -0.25) is 19.3 Å². The molecule has 5 atom stereocenters. The molecule has 1 aromatic rings. The first-order chi connectivity index (χ1) is 15.3. The third kappa shape index (κ3) is 3.85. The predicted octanol–water partition coefficient (Wildman–Crippen LogP) is 3.47. The van der Waals surface area contributed by atoms with Crippen LogP contribution < -0.4 is 0 Å². The summed E-state index contributed by atoms with van der Waals surface area (Å²) in [7, 11) is 1.29. The van der Waals surface area contributed by atoms with Crippen molar-refractivity contribution in [3.05, 3.63) is 35.6 Å². The van der Waals surface area contributed by atoms with Crippen LogP contribution in [-0.4, -0.2) is 58.7 Å². The van der Waals surface area contributed by atoms with Gasteiger partial charge in [-0.25, -0.2) is 4.39 Å². The molecule has 0 N–H and O–H groups in total. The summed E-state index contributed by atoms with van der Waals surface area (Å²) in [6, 6.07) is 6.10. The van der Waals surface area contributed by atoms with Crippen LogP contribution >= 0.6 is 0 Å². The van der Waals surface area contributed by atoms with Crippen molar-refractivity contribution in [2.45, 2.75) is 89.5 Å². The van der Waals surface area contributed by atoms with Crippen molar-refractivity contribution in [3.63, 3.8) is 0 Å². The van der Waals surface area contributed by atoms with E-state index in [-0.39, 0.29) is 48.5 Å². The number of likely N-dealkylation sites (tertiary alicyclic amines) is 1. The molecule has 3 heterocycles. The highest BCUT2D eigenvalue weighted by Crippen LogP contribution is 2.48. The third-order valence-electron chi connectivity index (χ3n) is 7.87. The number of fused-ring (bicyclic) bond motifs is 2. The van der Waals surface area contributed by atoms with Gasteiger partial charge >= 0.3 is 5.97 Å². The number of hydrogen-bond donors (Lipinski definition) is 0. The second kappa shape index (κ2) is 8.93. The Morgan fingerprint density at radius 3 is 2.38 bits per heavy atom. The second-order valence-electron chi connectivity index (χ2n) is 9.74. The van der Waals surface area contributed by atoms with Crippen molar-refractivity contribution in [2.24, 2.45) is 5.41 Å². The summed E-state index contributed by atoms with van der Waals surface area (Å²) < 4.78 is 18.5. The maximum Gasteiger partial charge on any atom is 0.321 e. The summed E-state index contributed by atoms with van der Waals surface area (Å²) in [5.74, 6) is -1.24. The quantitative estimate of drug-likeness (QED) is 0.514. The van der Waals surface area contributed by atoms with E-state index >= 15 is 0 Å². The zero-order chi connectivity index (χ0) is 23.0. The molecule has 2 bridgehead atoms. The average Bonchev–Trinajstić information content (AvgIpc) is 3.07. The van der Waals surface area contributed by atoms with Crippen molar-refractivity contribution < 1.29 is 23.5 Å². The first kappa shape index (κ1) is 22.9. The van der Waals surface area contributed by atoms with Crippen LogP contribution in [0.2, 0.25) is 0 Å². The van der Waals surface area contributed by atoms with Crippen LogP contribution in [0.3, 0.4) is 0 Å². The zero-order valence-corrected chi connectivity index (χ0v) is 19.2. The first-order valence-electron chi connectivity index (χ1n) is 11.7. The second-order valence-corrected chi connectivity index (χ2v) is 9.74. The lowest BCUT2D eigenvalue weighted by Gasteiger charge is -2.47. The standard InChI is InChI=1S/C25H33FN2O4/c1-16-5-4-6-17(2)28(16)23(30)14-25(24(31)32-3)21-12-11-20(13-22(25)29)27(21)15-18-7-9-19(26)10-8-18/h7-10,16-17,20-21H,4-6,11-15H2,1-3H3/t16-,17-,20+,21+,25-/m0/s1. The fourth-order valence-corrected chi connectivity index (χ4v) is 6.27. The summed E-state index contributed by atoms with van der Waals surface area (Å²) in [5, 5.41) is 0. The van der Waals surface area contributed by atoms with Crippen LogP contribution in [0.25, 0.3) is 0 Å². The van der Waals surface area contributed by atoms with Crippen molar-refractivity contribution in [1.82, 2.24) is 9.80 Å². The van der Waals surface area contributed by atoms with Gasteiger partial charge in [0.25, 0.3) is 0 Å². The Morgan fingerprint density at radius 2 is 1.75 bits per heavy atom. The summed E-state index contributed by atoms with van der Waals surface area (Å²) >= 11 is 0. The van der Waals surface area contributed by atoms with Crippen LogP contribution in [-0.2, 0) is 25.7 Å². The summed E-state index contributed by atoms with van der Waals surface area (Å²) in [6.45, 7) is 4.58. The number of carbonyl (C=O) groups is 3. The number of ether oxygens (including phenoxy) is 1. The smallest absolute Gasteiger partial charge is 0.321 e. The number of ketones is 1. The van der Waals surface area contributed by atoms with E-state index in [0.717, 1.165) is 31.2 Å². The van der Waals surface area contributed by atoms with Gasteiger partial charge in [-0.2, -0.15) is 0 Å². The Kier molecular flexibility index (Phi) is 6.39. The minimum Gasteiger partial charge on any atom is -0.468 e. The number of Topliss-reactive ketones (excluding diaryl/α,β-unsaturated/α-hetero) is 1. The first-order valence-corrected chi connectivity index (χ1v) is 11.7. The molecule has 0 unspecified atom stereocenters. The molecule has 1 aromatic carbocycles. The summed E-state index contributed by atoms with van der Waals surface area (Å²) in [4.78, 5) is 44.3. The Labute approximate surface area is 189 Å². The Hall–Kier alpha value is -2.28. The minimum atomic E-state index is -1.49. The molecule has 0 saturated carbocycles. The minimum absolute atomic E-state index is 0.0262. The Bertz CT molecular complexity index is 878. The van der Waals surface area contributed by atoms with E-state index in [2.05, 4.69) is 4.90 Å². The van der Waals surface area contributed by atoms with Gasteiger partial charge in [-0.05, 0) is 63.6 Å². The van der Waals surface area contributed by atoms with E-state index in [9.17, 15) is 18.8 Å². The highest BCUT2D eigenvalue weighted by molar-refractivity contribution is 6.08. The maximum absolute atomic E-state index is 13.5. The molecule has 6 nitrogen and oxygen atoms in total. The largest absolute Gasteiger partial charge is 0.468 e. The van der Waals surface area contributed by atoms with Gasteiger partial charge in [0.2, 0.25) is 5.91 Å². The normalized spacial score (nSPS) is 32.8. The number of hydrogen-bond acceptors (Lipinski definition) is 5. The van der Waals surface area contributed by atoms with Gasteiger partial charge in [0.15, 0.2) is 11.2 Å². The number of methoxy groups -OCH3 is 1. The van der Waals surface area contributed by atoms with Crippen molar-refractivity contribution in [1.29, 1.82) is 0 Å². The third-order valence-corrected chi connectivity index (χ3v) is 7.87. The summed E-state index contributed by atoms with van der Waals surface area (Å²) in [5.41, 5.74) is -0.573. The molecule has 7 heteroatoms. The SMILES string of the molecule is COC(=O)[C@]1(CC(=O)N2[C@@H](C)CCC[C@@H]2C)C(=O)C[C@H]2CC[C@H]1N2Cc1ccc(F)cc1. The molecule has 3 aliphatic heterocycles. The van der Waals surface area contributed by atoms with Crippen LogP contribution in [0.15, 0.2) is 24.3 Å². The van der Waals surface area contributed by atoms with Gasteiger partial charge in [0, 0.05) is 37.1 Å². The fourth-order valence-electron chi connectivity index (χ4n) is 6.27. The molecule has 1 amide bonds. The number of halogens is 1. The monoisotopic (exact) mass is 444 g/mol. The predicted molar refractivity (Wildman–Crippen MR) is 117 cm³/mol. The fraction of sp³-hybridized carbons (Fsp3) is 0.640. The zero-order valence-electron chi connectivity index (χ0n) is 19.2. The molecule has 32 heavy (non-hydrogen) atoms. The molecule has 0 spiro atoms. The molecule has 4 rings (SSSR count). The molecule has 3 saturated heterocycles. The lowest BCUT2D eigenvalue weighted by atomic mass is 9.69. The molecule has 3 aliphatic rings. The maximum atomic E-state index is 13.5. The number of piperidine rings is 2. The van der Waals surface area contributed by atoms with Crippen LogP contribution in [0.4, 0.5) is 4.39 Å². The van der Waals surface area contributed by atoms with Crippen molar-refractivity contribution >= 4 is 17.7 Å². The molecular formula is C25H33FN2O4. The number of esters is 1. The Balaban J connectivity index is 1.66. The molecular weight excluding hydrogens is 411 g/mol. The van der Waals surface area contributed by atoms with Gasteiger partial charge in [-0.15, -0.1) is 0 Å². The molecule has 0 radical (unpaired) electrons. The molecule has 3 fully saturated rings. The van der Waals surface area contributed by atoms with Crippen molar-refractivity contribution in [3.8, 4) is 0 Å². The van der Waals surface area contributed by atoms with Crippen LogP contribution in [0, 0.1) is 11.2 Å². The van der Waals surface area contributed by atoms with Gasteiger partial charge in [0.1, 0.15) is 5.82 Å². The summed E-state index contributed by atoms with van der Waals surface area (Å²) in [6.07, 6.45) is 4.46. The number of benzene rings is 1. The number of amides is 1. The van der Waals surface area contributed by atoms with Crippen LogP contribution in [0.5, 0.6) is 0 Å². The Morgan fingerprint density at radius 1 is 1.09 bits per heavy atom. The van der Waals surface area contributed by atoms with E-state index in [0.29, 0.717) is 13.0 Å². The van der Waals surface area contributed by atoms with E-state index in [1.165, 1.54) is 19.2 Å². The van der Waals surface area contributed by atoms with Crippen LogP contribution in [0.1, 0.15) is 64.4 Å². The molecule has 0 aliphatic carbocycles. The average molecular weight is 445 g/mol. The number of carbonyl (C=O) groups excluding carboxylic acids is 3. The van der Waals surface area contributed by atoms with E-state index in [1.807, 2.05) is 18.7 Å². The number of rotatable bonds is 5. The van der Waals surface area contributed by atoms with Gasteiger partial charge in [0.05, 0.1) is 13.5 Å². The highest BCUT2D eigenvalue weighted by Gasteiger charge is 2.62. The number of nitrogens with zero attached hydrogens (tertiary/aromatic N) is 2. The van der Waals surface area contributed by atoms with Gasteiger partial charge < -0.3 is 9.64 Å². The van der Waals surface area contributed by atoms with Gasteiger partial charge in [-0.1, -0.05) is 12.1 Å². The highest BCUT2D eigenvalue weighted by atomic mass is 19.1. The van der Waals surface area contributed by atoms with E-state index < -0.39 is 17.4 Å². The topological polar surface area (TPSA) is 66.9 Å². The molecule has 174 valence electrons.